The van der Waals surface area contributed by atoms with E-state index in [9.17, 15) is 0 Å². The highest BCUT2D eigenvalue weighted by atomic mass is 32.2. The van der Waals surface area contributed by atoms with Gasteiger partial charge in [-0.3, -0.25) is 0 Å². The van der Waals surface area contributed by atoms with E-state index in [4.69, 9.17) is 0 Å². The van der Waals surface area contributed by atoms with E-state index >= 15 is 0 Å². The van der Waals surface area contributed by atoms with Crippen LogP contribution >= 0.6 is 23.5 Å². The number of allylic oxidation sites excluding steroid dienone is 8. The molecule has 2 bridgehead atoms. The highest BCUT2D eigenvalue weighted by molar-refractivity contribution is 8.04. The van der Waals surface area contributed by atoms with E-state index in [1.54, 1.807) is 0 Å². The van der Waals surface area contributed by atoms with E-state index in [-0.39, 0.29) is 0 Å². The molecule has 0 N–H and O–H groups in total. The molecule has 0 saturated heterocycles. The standard InChI is InChI=1S/C17H22S2/c1-12(2)18-16-9-5-8-15-11-14(16)7-6-10-17(15)19-13(3)4/h5-10,12-13H,11H2,1-4H3. The summed E-state index contributed by atoms with van der Waals surface area (Å²) < 4.78 is 0. The minimum absolute atomic E-state index is 0.628. The summed E-state index contributed by atoms with van der Waals surface area (Å²) in [6, 6.07) is 0. The van der Waals surface area contributed by atoms with Crippen LogP contribution < -0.4 is 0 Å². The van der Waals surface area contributed by atoms with Gasteiger partial charge in [-0.05, 0) is 29.7 Å². The Kier molecular flexibility index (Phi) is 5.23. The van der Waals surface area contributed by atoms with Gasteiger partial charge in [0.2, 0.25) is 0 Å². The Morgan fingerprint density at radius 2 is 1.58 bits per heavy atom. The maximum absolute atomic E-state index is 2.28. The van der Waals surface area contributed by atoms with Gasteiger partial charge in [-0.1, -0.05) is 52.0 Å². The van der Waals surface area contributed by atoms with Crippen LogP contribution in [-0.4, -0.2) is 10.5 Å². The van der Waals surface area contributed by atoms with Gasteiger partial charge >= 0.3 is 0 Å². The smallest absolute Gasteiger partial charge is 0.0110 e. The molecule has 19 heavy (non-hydrogen) atoms. The molecule has 0 radical (unpaired) electrons. The quantitative estimate of drug-likeness (QED) is 0.635. The largest absolute Gasteiger partial charge is 0.123 e. The van der Waals surface area contributed by atoms with E-state index in [2.05, 4.69) is 64.2 Å². The molecule has 2 aliphatic rings. The van der Waals surface area contributed by atoms with Crippen molar-refractivity contribution in [3.05, 3.63) is 57.4 Å². The molecule has 0 saturated carbocycles. The van der Waals surface area contributed by atoms with Crippen molar-refractivity contribution >= 4 is 23.5 Å². The van der Waals surface area contributed by atoms with Crippen LogP contribution in [0.1, 0.15) is 34.1 Å². The summed E-state index contributed by atoms with van der Waals surface area (Å²) in [5.74, 6) is 0. The average molecular weight is 290 g/mol. The Morgan fingerprint density at radius 1 is 0.895 bits per heavy atom. The Morgan fingerprint density at radius 3 is 2.26 bits per heavy atom. The molecular weight excluding hydrogens is 268 g/mol. The van der Waals surface area contributed by atoms with Gasteiger partial charge in [0.1, 0.15) is 0 Å². The van der Waals surface area contributed by atoms with Gasteiger partial charge in [-0.25, -0.2) is 0 Å². The molecule has 0 spiro atoms. The maximum atomic E-state index is 2.28. The molecule has 0 nitrogen and oxygen atoms in total. The number of rotatable bonds is 4. The Labute approximate surface area is 125 Å². The van der Waals surface area contributed by atoms with Crippen molar-refractivity contribution in [1.29, 1.82) is 0 Å². The molecule has 0 amide bonds. The Bertz CT molecular complexity index is 485. The molecule has 0 aliphatic heterocycles. The normalized spacial score (nSPS) is 18.6. The molecule has 102 valence electrons. The first-order valence-corrected chi connectivity index (χ1v) is 8.64. The second-order valence-corrected chi connectivity index (χ2v) is 8.58. The third kappa shape index (κ3) is 4.19. The van der Waals surface area contributed by atoms with Crippen LogP contribution in [0, 0.1) is 0 Å². The summed E-state index contributed by atoms with van der Waals surface area (Å²) in [6.45, 7) is 9.02. The van der Waals surface area contributed by atoms with Crippen LogP contribution in [0.15, 0.2) is 57.4 Å². The SMILES string of the molecule is CC(C)SC1=CC=CC2=C(SC(C)C)C=CC=C1C2. The fourth-order valence-corrected chi connectivity index (χ4v) is 4.03. The number of hydrogen-bond donors (Lipinski definition) is 0. The predicted octanol–water partition coefficient (Wildman–Crippen LogP) is 5.86. The lowest BCUT2D eigenvalue weighted by Crippen LogP contribution is -1.93. The number of thioether (sulfide) groups is 2. The predicted molar refractivity (Wildman–Crippen MR) is 91.5 cm³/mol. The maximum Gasteiger partial charge on any atom is 0.0110 e. The second kappa shape index (κ2) is 6.71. The van der Waals surface area contributed by atoms with Crippen molar-refractivity contribution in [1.82, 2.24) is 0 Å². The lowest BCUT2D eigenvalue weighted by molar-refractivity contribution is 1.11. The van der Waals surface area contributed by atoms with Crippen molar-refractivity contribution in [2.75, 3.05) is 0 Å². The average Bonchev–Trinajstić information content (AvgIpc) is 2.61. The van der Waals surface area contributed by atoms with E-state index in [1.165, 1.54) is 21.0 Å². The van der Waals surface area contributed by atoms with Gasteiger partial charge < -0.3 is 0 Å². The molecule has 0 fully saturated rings. The number of hydrogen-bond acceptors (Lipinski definition) is 2. The zero-order valence-electron chi connectivity index (χ0n) is 12.1. The van der Waals surface area contributed by atoms with Crippen molar-refractivity contribution in [3.63, 3.8) is 0 Å². The molecule has 2 aliphatic carbocycles. The molecule has 0 aromatic heterocycles. The van der Waals surface area contributed by atoms with Crippen LogP contribution in [0.5, 0.6) is 0 Å². The van der Waals surface area contributed by atoms with Gasteiger partial charge in [-0.2, -0.15) is 0 Å². The zero-order chi connectivity index (χ0) is 13.8. The van der Waals surface area contributed by atoms with Crippen molar-refractivity contribution in [3.8, 4) is 0 Å². The van der Waals surface area contributed by atoms with Crippen molar-refractivity contribution < 1.29 is 0 Å². The monoisotopic (exact) mass is 290 g/mol. The molecular formula is C17H22S2. The Hall–Kier alpha value is -0.600. The third-order valence-corrected chi connectivity index (χ3v) is 5.08. The van der Waals surface area contributed by atoms with E-state index in [0.717, 1.165) is 6.42 Å². The van der Waals surface area contributed by atoms with Crippen LogP contribution in [0.4, 0.5) is 0 Å². The summed E-state index contributed by atoms with van der Waals surface area (Å²) in [4.78, 5) is 2.84. The minimum Gasteiger partial charge on any atom is -0.123 e. The second-order valence-electron chi connectivity index (χ2n) is 5.34. The third-order valence-electron chi connectivity index (χ3n) is 2.83. The zero-order valence-corrected chi connectivity index (χ0v) is 13.8. The van der Waals surface area contributed by atoms with E-state index < -0.39 is 0 Å². The van der Waals surface area contributed by atoms with Crippen LogP contribution in [0.2, 0.25) is 0 Å². The molecule has 0 atom stereocenters. The van der Waals surface area contributed by atoms with Gasteiger partial charge in [0.15, 0.2) is 0 Å². The summed E-state index contributed by atoms with van der Waals surface area (Å²) in [7, 11) is 0. The van der Waals surface area contributed by atoms with Crippen LogP contribution in [0.25, 0.3) is 0 Å². The molecule has 0 aromatic carbocycles. The van der Waals surface area contributed by atoms with E-state index in [0.29, 0.717) is 10.5 Å². The number of fused-ring (bicyclic) bond motifs is 2. The first kappa shape index (κ1) is 14.8. The van der Waals surface area contributed by atoms with Gasteiger partial charge in [-0.15, -0.1) is 23.5 Å². The lowest BCUT2D eigenvalue weighted by Gasteiger charge is -2.13. The summed E-state index contributed by atoms with van der Waals surface area (Å²) in [6.07, 6.45) is 14.6. The first-order valence-electron chi connectivity index (χ1n) is 6.88. The van der Waals surface area contributed by atoms with Gasteiger partial charge in [0.05, 0.1) is 0 Å². The summed E-state index contributed by atoms with van der Waals surface area (Å²) >= 11 is 3.92. The Balaban J connectivity index is 2.28. The van der Waals surface area contributed by atoms with Crippen molar-refractivity contribution in [2.24, 2.45) is 0 Å². The molecule has 2 rings (SSSR count). The summed E-state index contributed by atoms with van der Waals surface area (Å²) in [5, 5.41) is 1.26. The minimum atomic E-state index is 0.628. The van der Waals surface area contributed by atoms with Gasteiger partial charge in [0, 0.05) is 20.3 Å². The fraction of sp³-hybridized carbons (Fsp3) is 0.412. The van der Waals surface area contributed by atoms with Crippen molar-refractivity contribution in [2.45, 2.75) is 44.6 Å². The van der Waals surface area contributed by atoms with Gasteiger partial charge in [0.25, 0.3) is 0 Å². The highest BCUT2D eigenvalue weighted by Crippen LogP contribution is 2.38. The summed E-state index contributed by atoms with van der Waals surface area (Å²) in [5.41, 5.74) is 2.91. The van der Waals surface area contributed by atoms with E-state index in [1.807, 2.05) is 23.5 Å². The molecule has 2 heteroatoms. The lowest BCUT2D eigenvalue weighted by atomic mass is 10.1. The molecule has 0 unspecified atom stereocenters. The highest BCUT2D eigenvalue weighted by Gasteiger charge is 2.15. The molecule has 0 heterocycles. The van der Waals surface area contributed by atoms with Crippen LogP contribution in [0.3, 0.4) is 0 Å². The van der Waals surface area contributed by atoms with Crippen LogP contribution in [-0.2, 0) is 0 Å². The fourth-order valence-electron chi connectivity index (χ4n) is 2.12. The first-order chi connectivity index (χ1) is 9.06. The topological polar surface area (TPSA) is 0 Å². The molecule has 0 aromatic rings.